The Hall–Kier alpha value is -2.59. The predicted octanol–water partition coefficient (Wildman–Crippen LogP) is 9.01. The molecule has 1 saturated heterocycles. The molecule has 2 aromatic rings. The van der Waals surface area contributed by atoms with Gasteiger partial charge in [0.05, 0.1) is 5.60 Å². The van der Waals surface area contributed by atoms with E-state index in [1.165, 1.54) is 42.4 Å². The molecule has 2 atom stereocenters. The number of unbranched alkanes of at least 4 members (excludes halogenated alkanes) is 4. The van der Waals surface area contributed by atoms with E-state index in [1.807, 2.05) is 6.08 Å². The highest BCUT2D eigenvalue weighted by molar-refractivity contribution is 5.71. The molecule has 1 unspecified atom stereocenters. The number of carbonyl (C=O) groups excluding carboxylic acids is 1. The Bertz CT molecular complexity index is 1130. The standard InChI is InChI=1S/C36H52O4/c1-7-11-12-13-14-22-35(38,8-2)23-21-29-15-16-30(24-27(29)5)36(9-3,10-4)31-17-19-33(28(6)25-31)39-26-32-18-20-34(37)40-32/h15-17,19,21,23-25,32,38H,7-14,18,20,22,26H2,1-6H3/b23-21+/t32?,35-/m0/s1. The number of benzene rings is 2. The largest absolute Gasteiger partial charge is 0.489 e. The number of cyclic esters (lactones) is 1. The zero-order valence-electron chi connectivity index (χ0n) is 25.9. The van der Waals surface area contributed by atoms with Crippen molar-refractivity contribution in [1.82, 2.24) is 0 Å². The van der Waals surface area contributed by atoms with Crippen LogP contribution in [0.3, 0.4) is 0 Å². The third kappa shape index (κ3) is 8.00. The van der Waals surface area contributed by atoms with Gasteiger partial charge in [0.1, 0.15) is 18.5 Å². The van der Waals surface area contributed by atoms with Gasteiger partial charge in [0.15, 0.2) is 0 Å². The topological polar surface area (TPSA) is 55.8 Å². The van der Waals surface area contributed by atoms with Crippen molar-refractivity contribution in [3.05, 3.63) is 70.3 Å². The first-order valence-corrected chi connectivity index (χ1v) is 15.7. The molecule has 1 aliphatic heterocycles. The lowest BCUT2D eigenvalue weighted by Crippen LogP contribution is -2.26. The van der Waals surface area contributed by atoms with Crippen LogP contribution in [0.5, 0.6) is 5.75 Å². The Morgan fingerprint density at radius 2 is 1.60 bits per heavy atom. The van der Waals surface area contributed by atoms with Gasteiger partial charge in [0.25, 0.3) is 0 Å². The van der Waals surface area contributed by atoms with Crippen molar-refractivity contribution in [2.75, 3.05) is 6.61 Å². The highest BCUT2D eigenvalue weighted by atomic mass is 16.6. The van der Waals surface area contributed by atoms with E-state index >= 15 is 0 Å². The fourth-order valence-electron chi connectivity index (χ4n) is 6.04. The van der Waals surface area contributed by atoms with Crippen molar-refractivity contribution in [2.24, 2.45) is 0 Å². The van der Waals surface area contributed by atoms with E-state index in [9.17, 15) is 9.90 Å². The molecule has 0 spiro atoms. The maximum absolute atomic E-state index is 11.4. The molecule has 1 fully saturated rings. The maximum Gasteiger partial charge on any atom is 0.306 e. The van der Waals surface area contributed by atoms with Gasteiger partial charge in [-0.05, 0) is 79.8 Å². The molecule has 0 aliphatic carbocycles. The predicted molar refractivity (Wildman–Crippen MR) is 166 cm³/mol. The van der Waals surface area contributed by atoms with E-state index in [2.05, 4.69) is 84.0 Å². The van der Waals surface area contributed by atoms with Crippen LogP contribution < -0.4 is 4.74 Å². The third-order valence-electron chi connectivity index (χ3n) is 9.05. The molecule has 0 saturated carbocycles. The van der Waals surface area contributed by atoms with Crippen LogP contribution in [0.25, 0.3) is 6.08 Å². The number of rotatable bonds is 16. The van der Waals surface area contributed by atoms with Gasteiger partial charge in [-0.3, -0.25) is 4.79 Å². The van der Waals surface area contributed by atoms with Crippen molar-refractivity contribution in [2.45, 2.75) is 129 Å². The van der Waals surface area contributed by atoms with Crippen molar-refractivity contribution in [3.63, 3.8) is 0 Å². The summed E-state index contributed by atoms with van der Waals surface area (Å²) in [6.07, 6.45) is 14.8. The van der Waals surface area contributed by atoms with Crippen molar-refractivity contribution in [1.29, 1.82) is 0 Å². The Balaban J connectivity index is 1.76. The Morgan fingerprint density at radius 3 is 2.17 bits per heavy atom. The smallest absolute Gasteiger partial charge is 0.306 e. The molecule has 0 bridgehead atoms. The number of aliphatic hydroxyl groups is 1. The lowest BCUT2D eigenvalue weighted by molar-refractivity contribution is -0.142. The SMILES string of the molecule is CCCCCCC[C@](O)(/C=C/c1ccc(C(CC)(CC)c2ccc(OCC3CCC(=O)O3)c(C)c2)cc1C)CC. The molecule has 0 aromatic heterocycles. The summed E-state index contributed by atoms with van der Waals surface area (Å²) in [6.45, 7) is 13.5. The van der Waals surface area contributed by atoms with Crippen LogP contribution in [-0.4, -0.2) is 29.4 Å². The van der Waals surface area contributed by atoms with Crippen LogP contribution in [0.15, 0.2) is 42.5 Å². The normalized spacial score (nSPS) is 17.3. The molecule has 0 amide bonds. The van der Waals surface area contributed by atoms with Crippen LogP contribution in [-0.2, 0) is 14.9 Å². The minimum absolute atomic E-state index is 0.0973. The molecule has 3 rings (SSSR count). The highest BCUT2D eigenvalue weighted by Gasteiger charge is 2.32. The second-order valence-corrected chi connectivity index (χ2v) is 11.8. The first-order valence-electron chi connectivity index (χ1n) is 15.7. The summed E-state index contributed by atoms with van der Waals surface area (Å²) in [5, 5.41) is 11.2. The van der Waals surface area contributed by atoms with E-state index in [0.717, 1.165) is 55.4 Å². The summed E-state index contributed by atoms with van der Waals surface area (Å²) in [5.41, 5.74) is 5.26. The van der Waals surface area contributed by atoms with Gasteiger partial charge in [0, 0.05) is 11.8 Å². The quantitative estimate of drug-likeness (QED) is 0.168. The van der Waals surface area contributed by atoms with Crippen LogP contribution in [0, 0.1) is 13.8 Å². The van der Waals surface area contributed by atoms with Crippen LogP contribution in [0.1, 0.15) is 126 Å². The van der Waals surface area contributed by atoms with E-state index in [0.29, 0.717) is 13.0 Å². The monoisotopic (exact) mass is 548 g/mol. The number of hydrogen-bond donors (Lipinski definition) is 1. The van der Waals surface area contributed by atoms with Gasteiger partial charge in [-0.2, -0.15) is 0 Å². The van der Waals surface area contributed by atoms with Gasteiger partial charge in [-0.1, -0.05) is 102 Å². The van der Waals surface area contributed by atoms with Gasteiger partial charge < -0.3 is 14.6 Å². The number of ether oxygens (including phenoxy) is 2. The van der Waals surface area contributed by atoms with Crippen LogP contribution in [0.2, 0.25) is 0 Å². The van der Waals surface area contributed by atoms with Crippen LogP contribution >= 0.6 is 0 Å². The zero-order valence-corrected chi connectivity index (χ0v) is 25.9. The Kier molecular flexibility index (Phi) is 11.9. The van der Waals surface area contributed by atoms with Crippen molar-refractivity contribution in [3.8, 4) is 5.75 Å². The molecule has 4 nitrogen and oxygen atoms in total. The summed E-state index contributed by atoms with van der Waals surface area (Å²) in [5.74, 6) is 0.713. The average Bonchev–Trinajstić information content (AvgIpc) is 3.38. The van der Waals surface area contributed by atoms with Crippen molar-refractivity contribution < 1.29 is 19.4 Å². The summed E-state index contributed by atoms with van der Waals surface area (Å²) in [4.78, 5) is 11.4. The molecule has 4 heteroatoms. The summed E-state index contributed by atoms with van der Waals surface area (Å²) >= 11 is 0. The maximum atomic E-state index is 11.4. The fourth-order valence-corrected chi connectivity index (χ4v) is 6.04. The first-order chi connectivity index (χ1) is 19.2. The lowest BCUT2D eigenvalue weighted by atomic mass is 9.70. The molecular weight excluding hydrogens is 496 g/mol. The summed E-state index contributed by atoms with van der Waals surface area (Å²) < 4.78 is 11.3. The number of hydrogen-bond acceptors (Lipinski definition) is 4. The minimum atomic E-state index is -0.741. The third-order valence-corrected chi connectivity index (χ3v) is 9.05. The van der Waals surface area contributed by atoms with Gasteiger partial charge in [-0.25, -0.2) is 0 Å². The molecule has 0 radical (unpaired) electrons. The van der Waals surface area contributed by atoms with Gasteiger partial charge in [-0.15, -0.1) is 0 Å². The number of carbonyl (C=O) groups is 1. The number of esters is 1. The van der Waals surface area contributed by atoms with E-state index < -0.39 is 5.60 Å². The summed E-state index contributed by atoms with van der Waals surface area (Å²) in [6, 6.07) is 13.3. The van der Waals surface area contributed by atoms with Crippen molar-refractivity contribution >= 4 is 12.0 Å². The molecule has 1 aliphatic rings. The van der Waals surface area contributed by atoms with Crippen LogP contribution in [0.4, 0.5) is 0 Å². The Morgan fingerprint density at radius 1 is 0.925 bits per heavy atom. The van der Waals surface area contributed by atoms with E-state index in [1.54, 1.807) is 0 Å². The first kappa shape index (κ1) is 31.9. The van der Waals surface area contributed by atoms with Gasteiger partial charge in [0.2, 0.25) is 0 Å². The Labute approximate surface area is 243 Å². The van der Waals surface area contributed by atoms with Gasteiger partial charge >= 0.3 is 5.97 Å². The number of aryl methyl sites for hydroxylation is 2. The molecule has 1 heterocycles. The zero-order chi connectivity index (χ0) is 29.2. The second-order valence-electron chi connectivity index (χ2n) is 11.8. The average molecular weight is 549 g/mol. The fraction of sp³-hybridized carbons (Fsp3) is 0.583. The molecule has 1 N–H and O–H groups in total. The van der Waals surface area contributed by atoms with E-state index in [4.69, 9.17) is 9.47 Å². The molecule has 40 heavy (non-hydrogen) atoms. The summed E-state index contributed by atoms with van der Waals surface area (Å²) in [7, 11) is 0. The minimum Gasteiger partial charge on any atom is -0.489 e. The highest BCUT2D eigenvalue weighted by Crippen LogP contribution is 2.41. The molecular formula is C36H52O4. The molecule has 220 valence electrons. The second kappa shape index (κ2) is 14.9. The lowest BCUT2D eigenvalue weighted by Gasteiger charge is -2.34. The van der Waals surface area contributed by atoms with E-state index in [-0.39, 0.29) is 17.5 Å². The molecule has 2 aromatic carbocycles.